The molecule has 0 aliphatic carbocycles. The smallest absolute Gasteiger partial charge is 0.155 e. The summed E-state index contributed by atoms with van der Waals surface area (Å²) in [6, 6.07) is 9.58. The molecule has 0 heterocycles. The second-order valence-electron chi connectivity index (χ2n) is 4.96. The highest BCUT2D eigenvalue weighted by Gasteiger charge is 2.08. The van der Waals surface area contributed by atoms with E-state index in [-0.39, 0.29) is 5.92 Å². The average molecular weight is 305 g/mol. The van der Waals surface area contributed by atoms with E-state index in [2.05, 4.69) is 18.5 Å². The predicted octanol–water partition coefficient (Wildman–Crippen LogP) is 2.52. The average Bonchev–Trinajstić information content (AvgIpc) is 2.53. The summed E-state index contributed by atoms with van der Waals surface area (Å²) >= 11 is 0. The van der Waals surface area contributed by atoms with Crippen LogP contribution in [0.3, 0.4) is 0 Å². The molecule has 4 N–H and O–H groups in total. The van der Waals surface area contributed by atoms with Crippen molar-refractivity contribution in [2.75, 3.05) is 6.54 Å². The van der Waals surface area contributed by atoms with Gasteiger partial charge in [0, 0.05) is 12.5 Å². The summed E-state index contributed by atoms with van der Waals surface area (Å²) in [7, 11) is 0. The van der Waals surface area contributed by atoms with Gasteiger partial charge in [-0.2, -0.15) is 0 Å². The van der Waals surface area contributed by atoms with Crippen LogP contribution in [-0.4, -0.2) is 28.2 Å². The molecule has 1 rings (SSSR count). The van der Waals surface area contributed by atoms with Gasteiger partial charge < -0.3 is 20.6 Å². The molecule has 0 spiro atoms. The maximum absolute atomic E-state index is 9.80. The zero-order valence-corrected chi connectivity index (χ0v) is 13.3. The SMILES string of the molecule is C=C/C=C(/C)C(O)c1ccccc1.C=CNCC(C)C(O)O. The molecule has 0 saturated carbocycles. The van der Waals surface area contributed by atoms with Crippen LogP contribution in [0.25, 0.3) is 0 Å². The molecule has 0 aliphatic rings. The number of hydrogen-bond acceptors (Lipinski definition) is 4. The first-order valence-electron chi connectivity index (χ1n) is 7.16. The summed E-state index contributed by atoms with van der Waals surface area (Å²) in [5, 5.41) is 29.6. The predicted molar refractivity (Wildman–Crippen MR) is 90.9 cm³/mol. The Balaban J connectivity index is 0.000000433. The quantitative estimate of drug-likeness (QED) is 0.461. The fourth-order valence-corrected chi connectivity index (χ4v) is 1.55. The lowest BCUT2D eigenvalue weighted by molar-refractivity contribution is -0.0768. The summed E-state index contributed by atoms with van der Waals surface area (Å²) in [6.07, 6.45) is 3.27. The number of benzene rings is 1. The third-order valence-corrected chi connectivity index (χ3v) is 3.02. The Labute approximate surface area is 133 Å². The Bertz CT molecular complexity index is 455. The maximum Gasteiger partial charge on any atom is 0.155 e. The van der Waals surface area contributed by atoms with Crippen molar-refractivity contribution >= 4 is 0 Å². The number of rotatable bonds is 7. The number of nitrogens with one attached hydrogen (secondary N) is 1. The van der Waals surface area contributed by atoms with E-state index in [0.717, 1.165) is 11.1 Å². The van der Waals surface area contributed by atoms with Crippen LogP contribution < -0.4 is 5.32 Å². The molecule has 0 amide bonds. The van der Waals surface area contributed by atoms with Crippen molar-refractivity contribution in [2.24, 2.45) is 5.92 Å². The Morgan fingerprint density at radius 2 is 1.77 bits per heavy atom. The first-order valence-corrected chi connectivity index (χ1v) is 7.16. The maximum atomic E-state index is 9.80. The molecule has 0 fully saturated rings. The third kappa shape index (κ3) is 8.42. The van der Waals surface area contributed by atoms with Gasteiger partial charge in [-0.15, -0.1) is 0 Å². The number of aliphatic hydroxyl groups is 3. The van der Waals surface area contributed by atoms with E-state index in [1.165, 1.54) is 6.20 Å². The molecule has 0 saturated heterocycles. The zero-order chi connectivity index (χ0) is 17.0. The van der Waals surface area contributed by atoms with Crippen molar-refractivity contribution in [1.82, 2.24) is 5.32 Å². The van der Waals surface area contributed by atoms with Crippen LogP contribution in [0.15, 0.2) is 67.4 Å². The van der Waals surface area contributed by atoms with Crippen molar-refractivity contribution in [3.8, 4) is 0 Å². The van der Waals surface area contributed by atoms with Gasteiger partial charge in [-0.05, 0) is 24.3 Å². The number of allylic oxidation sites excluding steroid dienone is 2. The number of aliphatic hydroxyl groups excluding tert-OH is 2. The fourth-order valence-electron chi connectivity index (χ4n) is 1.55. The molecular weight excluding hydrogens is 278 g/mol. The summed E-state index contributed by atoms with van der Waals surface area (Å²) in [4.78, 5) is 0. The lowest BCUT2D eigenvalue weighted by Crippen LogP contribution is -2.26. The van der Waals surface area contributed by atoms with Gasteiger partial charge in [0.25, 0.3) is 0 Å². The molecule has 4 heteroatoms. The highest BCUT2D eigenvalue weighted by Crippen LogP contribution is 2.20. The standard InChI is InChI=1S/C12H14O.C6H13NO2/c1-3-7-10(2)12(13)11-8-5-4-6-9-11;1-3-7-4-5(2)6(8)9/h3-9,12-13H,1H2,2H3;3,5-9H,1,4H2,2H3/b10-7-;. The largest absolute Gasteiger partial charge is 0.391 e. The van der Waals surface area contributed by atoms with Gasteiger partial charge in [0.2, 0.25) is 0 Å². The summed E-state index contributed by atoms with van der Waals surface area (Å²) < 4.78 is 0. The molecule has 2 atom stereocenters. The van der Waals surface area contributed by atoms with Crippen LogP contribution in [0.5, 0.6) is 0 Å². The first kappa shape index (κ1) is 20.1. The monoisotopic (exact) mass is 305 g/mol. The van der Waals surface area contributed by atoms with Gasteiger partial charge in [-0.1, -0.05) is 62.6 Å². The van der Waals surface area contributed by atoms with Gasteiger partial charge >= 0.3 is 0 Å². The fraction of sp³-hybridized carbons (Fsp3) is 0.333. The van der Waals surface area contributed by atoms with Crippen LogP contribution in [0, 0.1) is 5.92 Å². The van der Waals surface area contributed by atoms with Crippen molar-refractivity contribution in [3.63, 3.8) is 0 Å². The van der Waals surface area contributed by atoms with Crippen LogP contribution in [-0.2, 0) is 0 Å². The molecule has 22 heavy (non-hydrogen) atoms. The molecule has 0 bridgehead atoms. The second kappa shape index (κ2) is 11.7. The van der Waals surface area contributed by atoms with Gasteiger partial charge in [0.1, 0.15) is 6.10 Å². The summed E-state index contributed by atoms with van der Waals surface area (Å²) in [6.45, 7) is 11.2. The normalized spacial score (nSPS) is 13.6. The van der Waals surface area contributed by atoms with Gasteiger partial charge in [0.15, 0.2) is 6.29 Å². The molecule has 122 valence electrons. The molecule has 0 aliphatic heterocycles. The Hall–Kier alpha value is -1.88. The van der Waals surface area contributed by atoms with E-state index in [0.29, 0.717) is 6.54 Å². The Morgan fingerprint density at radius 3 is 2.23 bits per heavy atom. The van der Waals surface area contributed by atoms with E-state index < -0.39 is 12.4 Å². The molecule has 1 aromatic carbocycles. The third-order valence-electron chi connectivity index (χ3n) is 3.02. The van der Waals surface area contributed by atoms with E-state index in [9.17, 15) is 5.11 Å². The van der Waals surface area contributed by atoms with Gasteiger partial charge in [0.05, 0.1) is 0 Å². The first-order chi connectivity index (χ1) is 10.4. The highest BCUT2D eigenvalue weighted by atomic mass is 16.5. The molecule has 0 aromatic heterocycles. The highest BCUT2D eigenvalue weighted by molar-refractivity contribution is 5.26. The van der Waals surface area contributed by atoms with Crippen molar-refractivity contribution in [3.05, 3.63) is 73.0 Å². The van der Waals surface area contributed by atoms with Crippen LogP contribution in [0.2, 0.25) is 0 Å². The summed E-state index contributed by atoms with van der Waals surface area (Å²) in [5.74, 6) is -0.150. The molecular formula is C18H27NO3. The lowest BCUT2D eigenvalue weighted by atomic mass is 10.0. The Morgan fingerprint density at radius 1 is 1.18 bits per heavy atom. The Kier molecular flexibility index (Phi) is 10.7. The molecule has 4 nitrogen and oxygen atoms in total. The summed E-state index contributed by atoms with van der Waals surface area (Å²) in [5.41, 5.74) is 1.82. The molecule has 0 radical (unpaired) electrons. The van der Waals surface area contributed by atoms with Crippen LogP contribution >= 0.6 is 0 Å². The minimum Gasteiger partial charge on any atom is -0.391 e. The lowest BCUT2D eigenvalue weighted by Gasteiger charge is -2.12. The molecule has 1 aromatic rings. The van der Waals surface area contributed by atoms with Gasteiger partial charge in [-0.25, -0.2) is 0 Å². The molecule has 2 unspecified atom stereocenters. The topological polar surface area (TPSA) is 72.7 Å². The van der Waals surface area contributed by atoms with E-state index >= 15 is 0 Å². The van der Waals surface area contributed by atoms with Gasteiger partial charge in [-0.3, -0.25) is 0 Å². The van der Waals surface area contributed by atoms with Crippen LogP contribution in [0.1, 0.15) is 25.5 Å². The van der Waals surface area contributed by atoms with Crippen molar-refractivity contribution in [1.29, 1.82) is 0 Å². The van der Waals surface area contributed by atoms with Crippen LogP contribution in [0.4, 0.5) is 0 Å². The zero-order valence-electron chi connectivity index (χ0n) is 13.3. The number of hydrogen-bond donors (Lipinski definition) is 4. The van der Waals surface area contributed by atoms with E-state index in [1.807, 2.05) is 43.3 Å². The second-order valence-corrected chi connectivity index (χ2v) is 4.96. The van der Waals surface area contributed by atoms with E-state index in [1.54, 1.807) is 13.0 Å². The van der Waals surface area contributed by atoms with Crippen molar-refractivity contribution in [2.45, 2.75) is 26.2 Å². The minimum absolute atomic E-state index is 0.150. The van der Waals surface area contributed by atoms with E-state index in [4.69, 9.17) is 10.2 Å². The van der Waals surface area contributed by atoms with Crippen molar-refractivity contribution < 1.29 is 15.3 Å². The minimum atomic E-state index is -1.24.